The highest BCUT2D eigenvalue weighted by Crippen LogP contribution is 2.47. The van der Waals surface area contributed by atoms with Gasteiger partial charge in [0.25, 0.3) is 0 Å². The van der Waals surface area contributed by atoms with Crippen LogP contribution in [0, 0.1) is 0 Å². The van der Waals surface area contributed by atoms with Gasteiger partial charge in [0.15, 0.2) is 0 Å². The number of esters is 1. The minimum atomic E-state index is -4.50. The number of rotatable bonds is 7. The van der Waals surface area contributed by atoms with Crippen LogP contribution in [-0.4, -0.2) is 39.0 Å². The standard InChI is InChI=1S/C32H31F3O6/c1-37-30(36)16-20-18-39-29-17-23(6-7-24(20)29)41-28-11-9-26-25(28)8-10-27(32(33,34)35)31(26)19-2-4-21(5-3-19)40-22-12-14-38-15-13-22/h2-8,10,17,20,22,28H,9,11-16,18H2,1H3/t20-,28?/m1/s1. The maximum absolute atomic E-state index is 14.2. The largest absolute Gasteiger partial charge is 0.492 e. The van der Waals surface area contributed by atoms with Gasteiger partial charge < -0.3 is 23.7 Å². The fraction of sp³-hybridized carbons (Fsp3) is 0.406. The predicted octanol–water partition coefficient (Wildman–Crippen LogP) is 7.04. The Bertz CT molecular complexity index is 1410. The van der Waals surface area contributed by atoms with E-state index in [1.54, 1.807) is 30.3 Å². The number of ether oxygens (including phenoxy) is 5. The van der Waals surface area contributed by atoms with Crippen LogP contribution in [-0.2, 0) is 26.9 Å². The minimum absolute atomic E-state index is 0.0440. The Labute approximate surface area is 236 Å². The molecule has 41 heavy (non-hydrogen) atoms. The average molecular weight is 569 g/mol. The van der Waals surface area contributed by atoms with E-state index in [2.05, 4.69) is 0 Å². The van der Waals surface area contributed by atoms with Crippen LogP contribution in [0.1, 0.15) is 60.0 Å². The number of alkyl halides is 3. The van der Waals surface area contributed by atoms with Gasteiger partial charge in [0, 0.05) is 30.4 Å². The molecule has 1 aliphatic carbocycles. The van der Waals surface area contributed by atoms with Crippen LogP contribution < -0.4 is 14.2 Å². The lowest BCUT2D eigenvalue weighted by Gasteiger charge is -2.23. The van der Waals surface area contributed by atoms with Crippen LogP contribution >= 0.6 is 0 Å². The molecule has 0 bridgehead atoms. The van der Waals surface area contributed by atoms with Gasteiger partial charge in [-0.15, -0.1) is 0 Å². The molecule has 3 aromatic rings. The van der Waals surface area contributed by atoms with Crippen molar-refractivity contribution in [2.75, 3.05) is 26.9 Å². The molecule has 9 heteroatoms. The third-order valence-electron chi connectivity index (χ3n) is 8.06. The van der Waals surface area contributed by atoms with E-state index in [0.717, 1.165) is 30.0 Å². The molecule has 1 fully saturated rings. The summed E-state index contributed by atoms with van der Waals surface area (Å²) >= 11 is 0. The van der Waals surface area contributed by atoms with Gasteiger partial charge in [-0.2, -0.15) is 13.2 Å². The Hall–Kier alpha value is -3.72. The lowest BCUT2D eigenvalue weighted by atomic mass is 9.91. The number of carbonyl (C=O) groups excluding carboxylic acids is 1. The molecule has 1 saturated heterocycles. The quantitative estimate of drug-likeness (QED) is 0.285. The second-order valence-corrected chi connectivity index (χ2v) is 10.6. The number of hydrogen-bond acceptors (Lipinski definition) is 6. The Morgan fingerprint density at radius 2 is 1.66 bits per heavy atom. The van der Waals surface area contributed by atoms with E-state index in [1.807, 2.05) is 12.1 Å². The summed E-state index contributed by atoms with van der Waals surface area (Å²) in [7, 11) is 1.36. The molecule has 1 unspecified atom stereocenters. The molecule has 2 atom stereocenters. The normalized spacial score (nSPS) is 20.2. The first-order chi connectivity index (χ1) is 19.8. The predicted molar refractivity (Wildman–Crippen MR) is 144 cm³/mol. The van der Waals surface area contributed by atoms with E-state index in [-0.39, 0.29) is 30.0 Å². The van der Waals surface area contributed by atoms with Crippen LogP contribution in [0.2, 0.25) is 0 Å². The third kappa shape index (κ3) is 5.73. The molecule has 2 heterocycles. The van der Waals surface area contributed by atoms with E-state index >= 15 is 0 Å². The summed E-state index contributed by atoms with van der Waals surface area (Å²) in [6, 6.07) is 15.1. The summed E-state index contributed by atoms with van der Waals surface area (Å²) in [5.41, 5.74) is 2.35. The van der Waals surface area contributed by atoms with Gasteiger partial charge in [0.05, 0.1) is 38.9 Å². The Morgan fingerprint density at radius 3 is 2.39 bits per heavy atom. The number of benzene rings is 3. The van der Waals surface area contributed by atoms with Gasteiger partial charge in [0.1, 0.15) is 29.5 Å². The zero-order valence-electron chi connectivity index (χ0n) is 22.7. The zero-order valence-corrected chi connectivity index (χ0v) is 22.7. The molecular weight excluding hydrogens is 537 g/mol. The average Bonchev–Trinajstić information content (AvgIpc) is 3.56. The maximum atomic E-state index is 14.2. The Kier molecular flexibility index (Phi) is 7.55. The molecule has 0 amide bonds. The molecule has 6 rings (SSSR count). The molecule has 0 saturated carbocycles. The molecule has 216 valence electrons. The van der Waals surface area contributed by atoms with Crippen molar-refractivity contribution >= 4 is 5.97 Å². The monoisotopic (exact) mass is 568 g/mol. The van der Waals surface area contributed by atoms with Crippen molar-refractivity contribution in [3.05, 3.63) is 76.9 Å². The van der Waals surface area contributed by atoms with E-state index in [1.165, 1.54) is 13.2 Å². The third-order valence-corrected chi connectivity index (χ3v) is 8.06. The van der Waals surface area contributed by atoms with E-state index in [9.17, 15) is 18.0 Å². The molecule has 6 nitrogen and oxygen atoms in total. The van der Waals surface area contributed by atoms with Crippen LogP contribution in [0.15, 0.2) is 54.6 Å². The topological polar surface area (TPSA) is 63.2 Å². The summed E-state index contributed by atoms with van der Waals surface area (Å²) in [6.07, 6.45) is -2.03. The fourth-order valence-electron chi connectivity index (χ4n) is 5.99. The molecule has 3 aliphatic rings. The fourth-order valence-corrected chi connectivity index (χ4v) is 5.99. The van der Waals surface area contributed by atoms with Crippen molar-refractivity contribution in [3.8, 4) is 28.4 Å². The van der Waals surface area contributed by atoms with Crippen molar-refractivity contribution in [1.29, 1.82) is 0 Å². The van der Waals surface area contributed by atoms with Crippen molar-refractivity contribution in [2.24, 2.45) is 0 Å². The SMILES string of the molecule is COC(=O)C[C@@H]1COc2cc(OC3CCc4c3ccc(C(F)(F)F)c4-c3ccc(OC4CCOCC4)cc3)ccc21. The van der Waals surface area contributed by atoms with Crippen LogP contribution in [0.4, 0.5) is 13.2 Å². The van der Waals surface area contributed by atoms with Crippen molar-refractivity contribution < 1.29 is 41.7 Å². The summed E-state index contributed by atoms with van der Waals surface area (Å²) < 4.78 is 70.8. The van der Waals surface area contributed by atoms with Crippen LogP contribution in [0.5, 0.6) is 17.2 Å². The number of halogens is 3. The van der Waals surface area contributed by atoms with Crippen molar-refractivity contribution in [2.45, 2.75) is 56.4 Å². The summed E-state index contributed by atoms with van der Waals surface area (Å²) in [5.74, 6) is 1.46. The van der Waals surface area contributed by atoms with Gasteiger partial charge in [-0.3, -0.25) is 4.79 Å². The van der Waals surface area contributed by atoms with Gasteiger partial charge in [-0.1, -0.05) is 24.3 Å². The first-order valence-corrected chi connectivity index (χ1v) is 13.9. The number of methoxy groups -OCH3 is 1. The number of hydrogen-bond donors (Lipinski definition) is 0. The molecule has 2 aliphatic heterocycles. The highest BCUT2D eigenvalue weighted by atomic mass is 19.4. The first-order valence-electron chi connectivity index (χ1n) is 13.9. The maximum Gasteiger partial charge on any atom is 0.417 e. The molecule has 3 aromatic carbocycles. The summed E-state index contributed by atoms with van der Waals surface area (Å²) in [6.45, 7) is 1.67. The molecule has 0 radical (unpaired) electrons. The first kappa shape index (κ1) is 27.4. The smallest absolute Gasteiger partial charge is 0.417 e. The minimum Gasteiger partial charge on any atom is -0.492 e. The van der Waals surface area contributed by atoms with Gasteiger partial charge in [-0.05, 0) is 59.4 Å². The van der Waals surface area contributed by atoms with E-state index < -0.39 is 17.8 Å². The number of fused-ring (bicyclic) bond motifs is 2. The second kappa shape index (κ2) is 11.3. The van der Waals surface area contributed by atoms with E-state index in [0.29, 0.717) is 61.0 Å². The van der Waals surface area contributed by atoms with Crippen molar-refractivity contribution in [3.63, 3.8) is 0 Å². The van der Waals surface area contributed by atoms with Gasteiger partial charge in [-0.25, -0.2) is 0 Å². The Morgan fingerprint density at radius 1 is 0.927 bits per heavy atom. The summed E-state index contributed by atoms with van der Waals surface area (Å²) in [5, 5.41) is 0. The highest BCUT2D eigenvalue weighted by molar-refractivity contribution is 5.75. The zero-order chi connectivity index (χ0) is 28.6. The Balaban J connectivity index is 1.25. The van der Waals surface area contributed by atoms with Crippen molar-refractivity contribution in [1.82, 2.24) is 0 Å². The van der Waals surface area contributed by atoms with Gasteiger partial charge in [0.2, 0.25) is 0 Å². The second-order valence-electron chi connectivity index (χ2n) is 10.6. The number of carbonyl (C=O) groups is 1. The molecule has 0 N–H and O–H groups in total. The van der Waals surface area contributed by atoms with E-state index in [4.69, 9.17) is 23.7 Å². The molecule has 0 spiro atoms. The lowest BCUT2D eigenvalue weighted by Crippen LogP contribution is -2.25. The molecular formula is C32H31F3O6. The van der Waals surface area contributed by atoms with Crippen LogP contribution in [0.25, 0.3) is 11.1 Å². The molecule has 0 aromatic heterocycles. The summed E-state index contributed by atoms with van der Waals surface area (Å²) in [4.78, 5) is 11.7. The van der Waals surface area contributed by atoms with Gasteiger partial charge >= 0.3 is 12.1 Å². The van der Waals surface area contributed by atoms with Crippen LogP contribution in [0.3, 0.4) is 0 Å². The highest BCUT2D eigenvalue weighted by Gasteiger charge is 2.38. The lowest BCUT2D eigenvalue weighted by molar-refractivity contribution is -0.141.